The third kappa shape index (κ3) is 3.57. The molecule has 0 bridgehead atoms. The van der Waals surface area contributed by atoms with Crippen molar-refractivity contribution in [3.05, 3.63) is 104 Å². The molecule has 0 aliphatic heterocycles. The lowest BCUT2D eigenvalue weighted by Gasteiger charge is -2.12. The highest BCUT2D eigenvalue weighted by atomic mass is 35.5. The van der Waals surface area contributed by atoms with E-state index in [0.717, 1.165) is 22.3 Å². The summed E-state index contributed by atoms with van der Waals surface area (Å²) in [5.74, 6) is 0.587. The van der Waals surface area contributed by atoms with E-state index in [0.29, 0.717) is 50.1 Å². The second kappa shape index (κ2) is 8.18. The molecule has 8 heteroatoms. The van der Waals surface area contributed by atoms with Gasteiger partial charge < -0.3 is 0 Å². The molecule has 0 aliphatic rings. The van der Waals surface area contributed by atoms with Crippen LogP contribution in [0, 0.1) is 13.8 Å². The summed E-state index contributed by atoms with van der Waals surface area (Å²) in [6.07, 6.45) is 0. The molecule has 3 heterocycles. The third-order valence-electron chi connectivity index (χ3n) is 6.22. The van der Waals surface area contributed by atoms with Crippen molar-refractivity contribution in [2.75, 3.05) is 0 Å². The first kappa shape index (κ1) is 21.8. The Balaban J connectivity index is 1.71. The van der Waals surface area contributed by atoms with Crippen molar-refractivity contribution >= 4 is 56.4 Å². The molecule has 0 radical (unpaired) electrons. The largest absolute Gasteiger partial charge is 0.292 e. The molecule has 6 rings (SSSR count). The first-order chi connectivity index (χ1) is 16.9. The van der Waals surface area contributed by atoms with Gasteiger partial charge in [-0.3, -0.25) is 13.9 Å². The van der Waals surface area contributed by atoms with Gasteiger partial charge >= 0.3 is 0 Å². The number of hydrogen-bond donors (Lipinski definition) is 0. The minimum atomic E-state index is -0.172. The van der Waals surface area contributed by atoms with Crippen LogP contribution in [0.4, 0.5) is 0 Å². The molecule has 172 valence electrons. The lowest BCUT2D eigenvalue weighted by Crippen LogP contribution is -2.24. The van der Waals surface area contributed by atoms with Crippen LogP contribution in [-0.4, -0.2) is 24.1 Å². The van der Waals surface area contributed by atoms with E-state index in [2.05, 4.69) is 0 Å². The number of aryl methyl sites for hydroxylation is 2. The lowest BCUT2D eigenvalue weighted by molar-refractivity contribution is 0.711. The van der Waals surface area contributed by atoms with Crippen molar-refractivity contribution in [3.8, 4) is 5.69 Å². The molecule has 0 saturated heterocycles. The van der Waals surface area contributed by atoms with E-state index in [9.17, 15) is 4.79 Å². The molecular weight excluding hydrogens is 481 g/mol. The Morgan fingerprint density at radius 2 is 1.54 bits per heavy atom. The number of rotatable bonds is 3. The molecule has 6 aromatic rings. The van der Waals surface area contributed by atoms with Crippen molar-refractivity contribution in [2.24, 2.45) is 0 Å². The van der Waals surface area contributed by atoms with Crippen molar-refractivity contribution in [3.63, 3.8) is 0 Å². The molecular formula is C27H19Cl2N5O. The summed E-state index contributed by atoms with van der Waals surface area (Å²) in [6, 6.07) is 20.8. The molecule has 6 nitrogen and oxygen atoms in total. The molecule has 0 N–H and O–H groups in total. The molecule has 3 aromatic carbocycles. The third-order valence-corrected chi connectivity index (χ3v) is 6.88. The fraction of sp³-hybridized carbons (Fsp3) is 0.111. The summed E-state index contributed by atoms with van der Waals surface area (Å²) < 4.78 is 3.53. The van der Waals surface area contributed by atoms with Crippen LogP contribution in [0.25, 0.3) is 38.9 Å². The second-order valence-corrected chi connectivity index (χ2v) is 9.37. The molecule has 0 aliphatic carbocycles. The highest BCUT2D eigenvalue weighted by Crippen LogP contribution is 2.30. The van der Waals surface area contributed by atoms with Crippen LogP contribution >= 0.6 is 23.2 Å². The smallest absolute Gasteiger partial charge is 0.265 e. The van der Waals surface area contributed by atoms with E-state index in [-0.39, 0.29) is 5.56 Å². The van der Waals surface area contributed by atoms with Crippen LogP contribution < -0.4 is 5.56 Å². The maximum Gasteiger partial charge on any atom is 0.265 e. The number of aromatic nitrogens is 5. The Morgan fingerprint density at radius 3 is 2.26 bits per heavy atom. The summed E-state index contributed by atoms with van der Waals surface area (Å²) in [5, 5.41) is 1.70. The van der Waals surface area contributed by atoms with Crippen LogP contribution in [0.15, 0.2) is 71.5 Å². The topological polar surface area (TPSA) is 65.6 Å². The molecule has 0 atom stereocenters. The van der Waals surface area contributed by atoms with E-state index < -0.39 is 0 Å². The van der Waals surface area contributed by atoms with E-state index in [1.807, 2.05) is 85.1 Å². The van der Waals surface area contributed by atoms with Crippen LogP contribution in [-0.2, 0) is 6.54 Å². The molecule has 35 heavy (non-hydrogen) atoms. The van der Waals surface area contributed by atoms with Gasteiger partial charge in [-0.1, -0.05) is 53.5 Å². The van der Waals surface area contributed by atoms with Gasteiger partial charge in [0.05, 0.1) is 23.3 Å². The van der Waals surface area contributed by atoms with Crippen LogP contribution in [0.3, 0.4) is 0 Å². The molecule has 0 saturated carbocycles. The van der Waals surface area contributed by atoms with Gasteiger partial charge in [0.25, 0.3) is 5.56 Å². The number of para-hydroxylation sites is 2. The number of halogens is 2. The van der Waals surface area contributed by atoms with Crippen molar-refractivity contribution in [1.29, 1.82) is 0 Å². The van der Waals surface area contributed by atoms with Crippen LogP contribution in [0.1, 0.15) is 17.0 Å². The highest BCUT2D eigenvalue weighted by molar-refractivity contribution is 6.31. The molecule has 0 spiro atoms. The first-order valence-electron chi connectivity index (χ1n) is 11.1. The summed E-state index contributed by atoms with van der Waals surface area (Å²) in [6.45, 7) is 4.15. The SMILES string of the molecule is Cc1ccc(-n2c3nc4ccccc4nc3c3c(=O)n(Cc4ccc(Cl)cc4)c(C)nc32)cc1Cl. The number of nitrogens with zero attached hydrogens (tertiary/aromatic N) is 5. The fourth-order valence-electron chi connectivity index (χ4n) is 4.35. The standard InChI is InChI=1S/C27H19Cl2N5O/c1-15-7-12-19(13-20(15)29)34-25-23(24-26(34)32-22-6-4-3-5-21(22)31-24)27(35)33(16(2)30-25)14-17-8-10-18(28)11-9-17/h3-13H,14H2,1-2H3. The van der Waals surface area contributed by atoms with E-state index in [1.165, 1.54) is 0 Å². The Labute approximate surface area is 210 Å². The second-order valence-electron chi connectivity index (χ2n) is 8.53. The normalized spacial score (nSPS) is 11.7. The minimum Gasteiger partial charge on any atom is -0.292 e. The Bertz CT molecular complexity index is 1840. The van der Waals surface area contributed by atoms with Crippen molar-refractivity contribution < 1.29 is 0 Å². The average molecular weight is 500 g/mol. The lowest BCUT2D eigenvalue weighted by atomic mass is 10.2. The van der Waals surface area contributed by atoms with Gasteiger partial charge in [-0.15, -0.1) is 0 Å². The Morgan fingerprint density at radius 1 is 0.829 bits per heavy atom. The average Bonchev–Trinajstić information content (AvgIpc) is 3.16. The van der Waals surface area contributed by atoms with Crippen molar-refractivity contribution in [1.82, 2.24) is 24.1 Å². The van der Waals surface area contributed by atoms with Crippen molar-refractivity contribution in [2.45, 2.75) is 20.4 Å². The summed E-state index contributed by atoms with van der Waals surface area (Å²) in [7, 11) is 0. The molecule has 0 unspecified atom stereocenters. The summed E-state index contributed by atoms with van der Waals surface area (Å²) in [5.41, 5.74) is 5.54. The number of hydrogen-bond acceptors (Lipinski definition) is 4. The highest BCUT2D eigenvalue weighted by Gasteiger charge is 2.22. The van der Waals surface area contributed by atoms with E-state index in [4.69, 9.17) is 38.2 Å². The Hall–Kier alpha value is -3.74. The maximum atomic E-state index is 13.9. The van der Waals surface area contributed by atoms with E-state index >= 15 is 0 Å². The first-order valence-corrected chi connectivity index (χ1v) is 11.9. The zero-order chi connectivity index (χ0) is 24.3. The van der Waals surface area contributed by atoms with Gasteiger partial charge in [0.2, 0.25) is 0 Å². The zero-order valence-corrected chi connectivity index (χ0v) is 20.5. The van der Waals surface area contributed by atoms with Gasteiger partial charge in [-0.2, -0.15) is 0 Å². The summed E-state index contributed by atoms with van der Waals surface area (Å²) >= 11 is 12.5. The quantitative estimate of drug-likeness (QED) is 0.288. The fourth-order valence-corrected chi connectivity index (χ4v) is 4.66. The minimum absolute atomic E-state index is 0.172. The summed E-state index contributed by atoms with van der Waals surface area (Å²) in [4.78, 5) is 28.6. The van der Waals surface area contributed by atoms with Gasteiger partial charge in [0, 0.05) is 10.0 Å². The van der Waals surface area contributed by atoms with Gasteiger partial charge in [-0.05, 0) is 61.4 Å². The number of benzene rings is 3. The molecule has 0 amide bonds. The monoisotopic (exact) mass is 499 g/mol. The maximum absolute atomic E-state index is 13.9. The van der Waals surface area contributed by atoms with E-state index in [1.54, 1.807) is 4.57 Å². The Kier molecular flexibility index (Phi) is 5.09. The van der Waals surface area contributed by atoms with Crippen LogP contribution in [0.5, 0.6) is 0 Å². The van der Waals surface area contributed by atoms with Gasteiger partial charge in [0.15, 0.2) is 11.3 Å². The van der Waals surface area contributed by atoms with Gasteiger partial charge in [0.1, 0.15) is 16.7 Å². The number of fused-ring (bicyclic) bond motifs is 4. The molecule has 0 fully saturated rings. The van der Waals surface area contributed by atoms with Crippen LogP contribution in [0.2, 0.25) is 10.0 Å². The van der Waals surface area contributed by atoms with Gasteiger partial charge in [-0.25, -0.2) is 15.0 Å². The molecule has 3 aromatic heterocycles. The predicted molar refractivity (Wildman–Crippen MR) is 141 cm³/mol. The predicted octanol–water partition coefficient (Wildman–Crippen LogP) is 6.26. The zero-order valence-electron chi connectivity index (χ0n) is 19.0.